The van der Waals surface area contributed by atoms with Gasteiger partial charge in [0, 0.05) is 19.6 Å². The first-order valence-electron chi connectivity index (χ1n) is 8.80. The molecule has 0 saturated heterocycles. The molecule has 27 heavy (non-hydrogen) atoms. The minimum absolute atomic E-state index is 0.267. The van der Waals surface area contributed by atoms with E-state index < -0.39 is 0 Å². The molecular formula is C20H25BrN2O4. The van der Waals surface area contributed by atoms with Gasteiger partial charge < -0.3 is 29.2 Å². The summed E-state index contributed by atoms with van der Waals surface area (Å²) in [6, 6.07) is 9.86. The number of nitrogens with one attached hydrogen (secondary N) is 1. The Morgan fingerprint density at radius 1 is 1.11 bits per heavy atom. The van der Waals surface area contributed by atoms with Gasteiger partial charge in [-0.3, -0.25) is 0 Å². The number of methoxy groups -OCH3 is 1. The van der Waals surface area contributed by atoms with Gasteiger partial charge in [0.15, 0.2) is 23.0 Å². The maximum absolute atomic E-state index is 6.02. The Morgan fingerprint density at radius 2 is 1.93 bits per heavy atom. The molecule has 6 nitrogen and oxygen atoms in total. The molecule has 1 heterocycles. The lowest BCUT2D eigenvalue weighted by atomic mass is 10.2. The predicted molar refractivity (Wildman–Crippen MR) is 108 cm³/mol. The van der Waals surface area contributed by atoms with Crippen molar-refractivity contribution in [2.24, 2.45) is 0 Å². The number of fused-ring (bicyclic) bond motifs is 1. The van der Waals surface area contributed by atoms with Crippen molar-refractivity contribution in [3.8, 4) is 23.0 Å². The minimum Gasteiger partial charge on any atom is -0.493 e. The average molecular weight is 437 g/mol. The maximum Gasteiger partial charge on any atom is 0.231 e. The lowest BCUT2D eigenvalue weighted by Gasteiger charge is -2.15. The molecule has 0 radical (unpaired) electrons. The van der Waals surface area contributed by atoms with E-state index in [2.05, 4.69) is 46.3 Å². The quantitative estimate of drug-likeness (QED) is 0.607. The SMILES string of the molecule is COc1cc(CNCCN(C)C)cc(Br)c1OCc1ccc2c(c1)OCO2. The van der Waals surface area contributed by atoms with Gasteiger partial charge in [-0.05, 0) is 65.4 Å². The Balaban J connectivity index is 1.64. The predicted octanol–water partition coefficient (Wildman–Crippen LogP) is 3.42. The number of ether oxygens (including phenoxy) is 4. The number of likely N-dealkylation sites (N-methyl/N-ethyl adjacent to an activating group) is 1. The van der Waals surface area contributed by atoms with Crippen LogP contribution in [0.2, 0.25) is 0 Å². The summed E-state index contributed by atoms with van der Waals surface area (Å²) < 4.78 is 23.2. The minimum atomic E-state index is 0.267. The molecule has 146 valence electrons. The van der Waals surface area contributed by atoms with Crippen molar-refractivity contribution >= 4 is 15.9 Å². The first-order valence-corrected chi connectivity index (χ1v) is 9.59. The summed E-state index contributed by atoms with van der Waals surface area (Å²) in [5.41, 5.74) is 2.13. The third-order valence-corrected chi connectivity index (χ3v) is 4.76. The van der Waals surface area contributed by atoms with Crippen LogP contribution in [-0.4, -0.2) is 46.0 Å². The van der Waals surface area contributed by atoms with Crippen molar-refractivity contribution in [1.29, 1.82) is 0 Å². The van der Waals surface area contributed by atoms with Crippen LogP contribution in [0.4, 0.5) is 0 Å². The summed E-state index contributed by atoms with van der Waals surface area (Å²) in [7, 11) is 5.78. The molecule has 7 heteroatoms. The second kappa shape index (κ2) is 9.30. The molecule has 2 aromatic carbocycles. The highest BCUT2D eigenvalue weighted by molar-refractivity contribution is 9.10. The van der Waals surface area contributed by atoms with Crippen molar-refractivity contribution in [2.75, 3.05) is 41.1 Å². The van der Waals surface area contributed by atoms with Crippen LogP contribution in [0.1, 0.15) is 11.1 Å². The number of halogens is 1. The van der Waals surface area contributed by atoms with Crippen LogP contribution in [0.15, 0.2) is 34.8 Å². The number of rotatable bonds is 9. The van der Waals surface area contributed by atoms with Crippen LogP contribution in [0, 0.1) is 0 Å². The third kappa shape index (κ3) is 5.28. The van der Waals surface area contributed by atoms with Gasteiger partial charge in [-0.1, -0.05) is 6.07 Å². The monoisotopic (exact) mass is 436 g/mol. The zero-order valence-corrected chi connectivity index (χ0v) is 17.5. The van der Waals surface area contributed by atoms with Crippen LogP contribution in [0.25, 0.3) is 0 Å². The maximum atomic E-state index is 6.02. The van der Waals surface area contributed by atoms with E-state index in [-0.39, 0.29) is 6.79 Å². The fourth-order valence-electron chi connectivity index (χ4n) is 2.74. The molecule has 0 atom stereocenters. The first-order chi connectivity index (χ1) is 13.1. The van der Waals surface area contributed by atoms with Crippen LogP contribution in [-0.2, 0) is 13.2 Å². The standard InChI is InChI=1S/C20H25BrN2O4/c1-23(2)7-6-22-11-15-8-16(21)20(19(10-15)24-3)25-12-14-4-5-17-18(9-14)27-13-26-17/h4-5,8-10,22H,6-7,11-13H2,1-3H3. The van der Waals surface area contributed by atoms with E-state index in [9.17, 15) is 0 Å². The van der Waals surface area contributed by atoms with Gasteiger partial charge in [0.2, 0.25) is 6.79 Å². The van der Waals surface area contributed by atoms with Gasteiger partial charge in [0.1, 0.15) is 6.61 Å². The molecule has 0 aliphatic carbocycles. The topological polar surface area (TPSA) is 52.2 Å². The van der Waals surface area contributed by atoms with E-state index in [4.69, 9.17) is 18.9 Å². The Labute approximate surface area is 168 Å². The summed E-state index contributed by atoms with van der Waals surface area (Å²) >= 11 is 3.61. The van der Waals surface area contributed by atoms with Crippen molar-refractivity contribution in [1.82, 2.24) is 10.2 Å². The highest BCUT2D eigenvalue weighted by atomic mass is 79.9. The number of nitrogens with zero attached hydrogens (tertiary/aromatic N) is 1. The fraction of sp³-hybridized carbons (Fsp3) is 0.400. The molecule has 0 saturated carbocycles. The van der Waals surface area contributed by atoms with Gasteiger partial charge in [-0.25, -0.2) is 0 Å². The fourth-order valence-corrected chi connectivity index (χ4v) is 3.34. The van der Waals surface area contributed by atoms with Gasteiger partial charge >= 0.3 is 0 Å². The van der Waals surface area contributed by atoms with Crippen molar-refractivity contribution < 1.29 is 18.9 Å². The molecule has 1 aliphatic heterocycles. The van der Waals surface area contributed by atoms with Crippen LogP contribution in [0.5, 0.6) is 23.0 Å². The highest BCUT2D eigenvalue weighted by Gasteiger charge is 2.15. The van der Waals surface area contributed by atoms with E-state index in [1.165, 1.54) is 0 Å². The zero-order chi connectivity index (χ0) is 19.2. The molecule has 3 rings (SSSR count). The Kier molecular flexibility index (Phi) is 6.82. The summed E-state index contributed by atoms with van der Waals surface area (Å²) in [5, 5.41) is 3.43. The lowest BCUT2D eigenvalue weighted by Crippen LogP contribution is -2.26. The Morgan fingerprint density at radius 3 is 2.70 bits per heavy atom. The smallest absolute Gasteiger partial charge is 0.231 e. The summed E-state index contributed by atoms with van der Waals surface area (Å²) in [6.45, 7) is 3.37. The molecule has 1 N–H and O–H groups in total. The summed E-state index contributed by atoms with van der Waals surface area (Å²) in [5.74, 6) is 2.91. The van der Waals surface area contributed by atoms with E-state index in [1.54, 1.807) is 7.11 Å². The van der Waals surface area contributed by atoms with E-state index >= 15 is 0 Å². The lowest BCUT2D eigenvalue weighted by molar-refractivity contribution is 0.174. The van der Waals surface area contributed by atoms with Crippen LogP contribution < -0.4 is 24.3 Å². The molecule has 0 amide bonds. The number of benzene rings is 2. The molecule has 1 aliphatic rings. The second-order valence-corrected chi connectivity index (χ2v) is 7.42. The van der Waals surface area contributed by atoms with Gasteiger partial charge in [-0.15, -0.1) is 0 Å². The normalized spacial score (nSPS) is 12.5. The van der Waals surface area contributed by atoms with Crippen LogP contribution >= 0.6 is 15.9 Å². The molecule has 0 aromatic heterocycles. The Hall–Kier alpha value is -1.96. The van der Waals surface area contributed by atoms with E-state index in [0.29, 0.717) is 18.1 Å². The molecule has 0 fully saturated rings. The Bertz CT molecular complexity index is 783. The van der Waals surface area contributed by atoms with E-state index in [0.717, 1.165) is 46.7 Å². The molecule has 0 bridgehead atoms. The van der Waals surface area contributed by atoms with Crippen molar-refractivity contribution in [3.05, 3.63) is 45.9 Å². The first kappa shape index (κ1) is 19.8. The molecule has 0 unspecified atom stereocenters. The largest absolute Gasteiger partial charge is 0.493 e. The van der Waals surface area contributed by atoms with E-state index in [1.807, 2.05) is 24.3 Å². The molecule has 0 spiro atoms. The van der Waals surface area contributed by atoms with Crippen molar-refractivity contribution in [2.45, 2.75) is 13.2 Å². The van der Waals surface area contributed by atoms with Gasteiger partial charge in [-0.2, -0.15) is 0 Å². The average Bonchev–Trinajstić information content (AvgIpc) is 3.11. The molecule has 2 aromatic rings. The molecular weight excluding hydrogens is 412 g/mol. The van der Waals surface area contributed by atoms with Gasteiger partial charge in [0.25, 0.3) is 0 Å². The second-order valence-electron chi connectivity index (χ2n) is 6.57. The summed E-state index contributed by atoms with van der Waals surface area (Å²) in [4.78, 5) is 2.15. The number of hydrogen-bond donors (Lipinski definition) is 1. The van der Waals surface area contributed by atoms with Crippen LogP contribution in [0.3, 0.4) is 0 Å². The third-order valence-electron chi connectivity index (χ3n) is 4.17. The highest BCUT2D eigenvalue weighted by Crippen LogP contribution is 2.38. The summed E-state index contributed by atoms with van der Waals surface area (Å²) in [6.07, 6.45) is 0. The number of hydrogen-bond acceptors (Lipinski definition) is 6. The van der Waals surface area contributed by atoms with Gasteiger partial charge in [0.05, 0.1) is 11.6 Å². The van der Waals surface area contributed by atoms with Crippen molar-refractivity contribution in [3.63, 3.8) is 0 Å². The zero-order valence-electron chi connectivity index (χ0n) is 15.9.